The van der Waals surface area contributed by atoms with Crippen molar-refractivity contribution in [2.24, 2.45) is 0 Å². The molecular formula is C22H28N4O2. The summed E-state index contributed by atoms with van der Waals surface area (Å²) in [5, 5.41) is 3.12. The maximum Gasteiger partial charge on any atom is 0.274 e. The first-order chi connectivity index (χ1) is 13.7. The Hall–Kier alpha value is -2.76. The molecule has 1 saturated carbocycles. The van der Waals surface area contributed by atoms with Crippen molar-refractivity contribution >= 4 is 11.8 Å². The second-order valence-electron chi connectivity index (χ2n) is 7.27. The predicted octanol–water partition coefficient (Wildman–Crippen LogP) is 3.00. The average Bonchev–Trinajstić information content (AvgIpc) is 2.75. The van der Waals surface area contributed by atoms with Gasteiger partial charge in [-0.1, -0.05) is 49.6 Å². The Balaban J connectivity index is 1.58. The molecule has 6 nitrogen and oxygen atoms in total. The average molecular weight is 380 g/mol. The molecule has 6 heteroatoms. The highest BCUT2D eigenvalue weighted by Gasteiger charge is 2.20. The topological polar surface area (TPSA) is 75.2 Å². The van der Waals surface area contributed by atoms with Gasteiger partial charge >= 0.3 is 0 Å². The molecule has 3 rings (SSSR count). The number of hydrogen-bond acceptors (Lipinski definition) is 4. The summed E-state index contributed by atoms with van der Waals surface area (Å²) in [5.41, 5.74) is 1.47. The molecule has 1 N–H and O–H groups in total. The van der Waals surface area contributed by atoms with Crippen LogP contribution in [-0.4, -0.2) is 45.8 Å². The van der Waals surface area contributed by atoms with Gasteiger partial charge in [0, 0.05) is 37.9 Å². The van der Waals surface area contributed by atoms with Gasteiger partial charge in [0.2, 0.25) is 5.91 Å². The van der Waals surface area contributed by atoms with Gasteiger partial charge < -0.3 is 10.2 Å². The Morgan fingerprint density at radius 3 is 2.54 bits per heavy atom. The smallest absolute Gasteiger partial charge is 0.274 e. The summed E-state index contributed by atoms with van der Waals surface area (Å²) in [5.74, 6) is -0.168. The maximum atomic E-state index is 12.9. The van der Waals surface area contributed by atoms with E-state index in [0.29, 0.717) is 25.2 Å². The van der Waals surface area contributed by atoms with Crippen molar-refractivity contribution < 1.29 is 9.59 Å². The lowest BCUT2D eigenvalue weighted by Gasteiger charge is -2.25. The minimum absolute atomic E-state index is 0.0172. The van der Waals surface area contributed by atoms with E-state index in [9.17, 15) is 9.59 Å². The van der Waals surface area contributed by atoms with E-state index < -0.39 is 0 Å². The summed E-state index contributed by atoms with van der Waals surface area (Å²) < 4.78 is 0. The molecule has 0 saturated heterocycles. The van der Waals surface area contributed by atoms with E-state index in [-0.39, 0.29) is 17.9 Å². The highest BCUT2D eigenvalue weighted by atomic mass is 16.2. The Morgan fingerprint density at radius 1 is 1.04 bits per heavy atom. The van der Waals surface area contributed by atoms with E-state index in [0.717, 1.165) is 24.8 Å². The first-order valence-electron chi connectivity index (χ1n) is 10.1. The van der Waals surface area contributed by atoms with Gasteiger partial charge in [-0.25, -0.2) is 4.98 Å². The molecule has 0 spiro atoms. The van der Waals surface area contributed by atoms with Crippen LogP contribution < -0.4 is 5.32 Å². The van der Waals surface area contributed by atoms with Crippen LogP contribution in [0.15, 0.2) is 48.9 Å². The molecule has 2 aromatic rings. The number of carbonyl (C=O) groups excluding carboxylic acids is 2. The van der Waals surface area contributed by atoms with Gasteiger partial charge in [-0.3, -0.25) is 14.6 Å². The lowest BCUT2D eigenvalue weighted by Crippen LogP contribution is -2.40. The Kier molecular flexibility index (Phi) is 7.53. The predicted molar refractivity (Wildman–Crippen MR) is 108 cm³/mol. The molecule has 148 valence electrons. The largest absolute Gasteiger partial charge is 0.353 e. The molecule has 2 amide bonds. The molecule has 0 atom stereocenters. The quantitative estimate of drug-likeness (QED) is 0.764. The van der Waals surface area contributed by atoms with Crippen molar-refractivity contribution in [1.82, 2.24) is 20.2 Å². The molecule has 0 aliphatic heterocycles. The van der Waals surface area contributed by atoms with E-state index in [1.54, 1.807) is 11.1 Å². The third-order valence-electron chi connectivity index (χ3n) is 5.16. The molecule has 1 aliphatic carbocycles. The fourth-order valence-electron chi connectivity index (χ4n) is 3.58. The summed E-state index contributed by atoms with van der Waals surface area (Å²) in [6.07, 6.45) is 11.3. The van der Waals surface area contributed by atoms with Crippen LogP contribution in [0.25, 0.3) is 0 Å². The van der Waals surface area contributed by atoms with Crippen LogP contribution in [0.5, 0.6) is 0 Å². The van der Waals surface area contributed by atoms with Gasteiger partial charge in [0.05, 0.1) is 6.20 Å². The molecule has 1 fully saturated rings. The number of aromatic nitrogens is 2. The van der Waals surface area contributed by atoms with Crippen LogP contribution >= 0.6 is 0 Å². The number of nitrogens with zero attached hydrogens (tertiary/aromatic N) is 3. The zero-order chi connectivity index (χ0) is 19.6. The first kappa shape index (κ1) is 20.0. The van der Waals surface area contributed by atoms with Crippen LogP contribution in [0.3, 0.4) is 0 Å². The van der Waals surface area contributed by atoms with Gasteiger partial charge in [0.1, 0.15) is 5.69 Å². The SMILES string of the molecule is O=C(CCN(CCc1ccccc1)C(=O)c1cnccn1)NC1CCCCC1. The summed E-state index contributed by atoms with van der Waals surface area (Å²) in [7, 11) is 0. The zero-order valence-corrected chi connectivity index (χ0v) is 16.2. The highest BCUT2D eigenvalue weighted by Crippen LogP contribution is 2.17. The number of nitrogens with one attached hydrogen (secondary N) is 1. The fraction of sp³-hybridized carbons (Fsp3) is 0.455. The van der Waals surface area contributed by atoms with Crippen molar-refractivity contribution in [3.05, 3.63) is 60.2 Å². The second kappa shape index (κ2) is 10.5. The summed E-state index contributed by atoms with van der Waals surface area (Å²) in [4.78, 5) is 35.0. The summed E-state index contributed by atoms with van der Waals surface area (Å²) in [6.45, 7) is 0.914. The zero-order valence-electron chi connectivity index (χ0n) is 16.2. The van der Waals surface area contributed by atoms with Crippen molar-refractivity contribution in [2.75, 3.05) is 13.1 Å². The van der Waals surface area contributed by atoms with Gasteiger partial charge in [-0.2, -0.15) is 0 Å². The molecule has 1 heterocycles. The highest BCUT2D eigenvalue weighted by molar-refractivity contribution is 5.92. The molecular weight excluding hydrogens is 352 g/mol. The first-order valence-corrected chi connectivity index (χ1v) is 10.1. The molecule has 28 heavy (non-hydrogen) atoms. The minimum atomic E-state index is -0.186. The molecule has 0 radical (unpaired) electrons. The molecule has 0 bridgehead atoms. The monoisotopic (exact) mass is 380 g/mol. The minimum Gasteiger partial charge on any atom is -0.353 e. The molecule has 0 unspecified atom stereocenters. The summed E-state index contributed by atoms with van der Waals surface area (Å²) >= 11 is 0. The van der Waals surface area contributed by atoms with Gasteiger partial charge in [-0.15, -0.1) is 0 Å². The van der Waals surface area contributed by atoms with Crippen LogP contribution in [0.2, 0.25) is 0 Å². The number of amides is 2. The maximum absolute atomic E-state index is 12.9. The summed E-state index contributed by atoms with van der Waals surface area (Å²) in [6, 6.07) is 10.3. The van der Waals surface area contributed by atoms with E-state index in [4.69, 9.17) is 0 Å². The molecule has 1 aromatic carbocycles. The van der Waals surface area contributed by atoms with E-state index in [1.165, 1.54) is 31.7 Å². The fourth-order valence-corrected chi connectivity index (χ4v) is 3.58. The van der Waals surface area contributed by atoms with Crippen molar-refractivity contribution in [2.45, 2.75) is 51.0 Å². The van der Waals surface area contributed by atoms with Gasteiger partial charge in [0.25, 0.3) is 5.91 Å². The normalized spacial score (nSPS) is 14.4. The molecule has 1 aromatic heterocycles. The Bertz CT molecular complexity index is 746. The molecule has 1 aliphatic rings. The van der Waals surface area contributed by atoms with Gasteiger partial charge in [0.15, 0.2) is 0 Å². The number of benzene rings is 1. The lowest BCUT2D eigenvalue weighted by atomic mass is 9.95. The Labute approximate surface area is 166 Å². The van der Waals surface area contributed by atoms with Crippen LogP contribution in [0, 0.1) is 0 Å². The van der Waals surface area contributed by atoms with Crippen LogP contribution in [-0.2, 0) is 11.2 Å². The van der Waals surface area contributed by atoms with E-state index in [2.05, 4.69) is 15.3 Å². The second-order valence-corrected chi connectivity index (χ2v) is 7.27. The van der Waals surface area contributed by atoms with Crippen molar-refractivity contribution in [3.8, 4) is 0 Å². The van der Waals surface area contributed by atoms with Gasteiger partial charge in [-0.05, 0) is 24.8 Å². The lowest BCUT2D eigenvalue weighted by molar-refractivity contribution is -0.122. The van der Waals surface area contributed by atoms with Crippen molar-refractivity contribution in [3.63, 3.8) is 0 Å². The third-order valence-corrected chi connectivity index (χ3v) is 5.16. The standard InChI is InChI=1S/C22H28N4O2/c27-21(25-19-9-5-2-6-10-19)12-16-26(15-11-18-7-3-1-4-8-18)22(28)20-17-23-13-14-24-20/h1,3-4,7-8,13-14,17,19H,2,5-6,9-12,15-16H2,(H,25,27). The van der Waals surface area contributed by atoms with Crippen molar-refractivity contribution in [1.29, 1.82) is 0 Å². The van der Waals surface area contributed by atoms with E-state index >= 15 is 0 Å². The van der Waals surface area contributed by atoms with Crippen LogP contribution in [0.4, 0.5) is 0 Å². The Morgan fingerprint density at radius 2 is 1.82 bits per heavy atom. The van der Waals surface area contributed by atoms with Crippen LogP contribution in [0.1, 0.15) is 54.6 Å². The third kappa shape index (κ3) is 6.15. The van der Waals surface area contributed by atoms with E-state index in [1.807, 2.05) is 30.3 Å². The number of carbonyl (C=O) groups is 2. The number of hydrogen-bond donors (Lipinski definition) is 1. The number of rotatable bonds is 8.